The fourth-order valence-corrected chi connectivity index (χ4v) is 3.07. The van der Waals surface area contributed by atoms with Crippen molar-refractivity contribution in [3.05, 3.63) is 0 Å². The minimum atomic E-state index is -0.341. The first kappa shape index (κ1) is 13.8. The third-order valence-corrected chi connectivity index (χ3v) is 4.60. The number of nitrogens with two attached hydrogens (primary N) is 1. The molecule has 2 aliphatic heterocycles. The topological polar surface area (TPSA) is 55.6 Å². The van der Waals surface area contributed by atoms with Crippen molar-refractivity contribution in [1.29, 1.82) is 0 Å². The molecule has 0 aromatic heterocycles. The van der Waals surface area contributed by atoms with E-state index in [1.807, 2.05) is 0 Å². The van der Waals surface area contributed by atoms with Crippen LogP contribution in [-0.2, 0) is 9.53 Å². The second kappa shape index (κ2) is 6.02. The maximum absolute atomic E-state index is 12.8. The van der Waals surface area contributed by atoms with E-state index in [1.165, 1.54) is 6.42 Å². The Kier molecular flexibility index (Phi) is 4.62. The van der Waals surface area contributed by atoms with Crippen molar-refractivity contribution in [1.82, 2.24) is 4.90 Å². The fourth-order valence-electron chi connectivity index (χ4n) is 3.07. The lowest BCUT2D eigenvalue weighted by Crippen LogP contribution is -2.51. The second-order valence-corrected chi connectivity index (χ2v) is 5.93. The lowest BCUT2D eigenvalue weighted by molar-refractivity contribution is -0.147. The second-order valence-electron chi connectivity index (χ2n) is 5.93. The van der Waals surface area contributed by atoms with Crippen LogP contribution in [0.3, 0.4) is 0 Å². The number of hydrogen-bond donors (Lipinski definition) is 1. The quantitative estimate of drug-likeness (QED) is 0.810. The van der Waals surface area contributed by atoms with Gasteiger partial charge >= 0.3 is 0 Å². The van der Waals surface area contributed by atoms with Gasteiger partial charge in [0.1, 0.15) is 0 Å². The van der Waals surface area contributed by atoms with Crippen molar-refractivity contribution in [3.8, 4) is 0 Å². The molecular weight excluding hydrogens is 228 g/mol. The summed E-state index contributed by atoms with van der Waals surface area (Å²) in [5, 5.41) is 0. The van der Waals surface area contributed by atoms with Gasteiger partial charge in [-0.25, -0.2) is 0 Å². The molecule has 2 fully saturated rings. The van der Waals surface area contributed by atoms with Crippen LogP contribution in [-0.4, -0.2) is 43.7 Å². The highest BCUT2D eigenvalue weighted by Crippen LogP contribution is 2.32. The van der Waals surface area contributed by atoms with Crippen LogP contribution in [0.1, 0.15) is 39.0 Å². The first-order valence-electron chi connectivity index (χ1n) is 7.25. The zero-order valence-corrected chi connectivity index (χ0v) is 11.5. The van der Waals surface area contributed by atoms with Crippen molar-refractivity contribution >= 4 is 5.91 Å². The van der Waals surface area contributed by atoms with Gasteiger partial charge in [0.15, 0.2) is 0 Å². The molecular formula is C14H26N2O2. The molecule has 0 aromatic carbocycles. The number of carbonyl (C=O) groups is 1. The van der Waals surface area contributed by atoms with Gasteiger partial charge in [0.25, 0.3) is 0 Å². The van der Waals surface area contributed by atoms with Crippen LogP contribution in [0.15, 0.2) is 0 Å². The SMILES string of the molecule is CC1CCCN(C(=O)C2(CN)CCOCC2)CC1. The molecule has 2 aliphatic rings. The number of hydrogen-bond acceptors (Lipinski definition) is 3. The van der Waals surface area contributed by atoms with Crippen LogP contribution in [0.2, 0.25) is 0 Å². The molecule has 0 saturated carbocycles. The third-order valence-electron chi connectivity index (χ3n) is 4.60. The summed E-state index contributed by atoms with van der Waals surface area (Å²) in [4.78, 5) is 14.8. The Morgan fingerprint density at radius 1 is 1.33 bits per heavy atom. The van der Waals surface area contributed by atoms with Crippen LogP contribution >= 0.6 is 0 Å². The molecule has 4 heteroatoms. The average Bonchev–Trinajstić information content (AvgIpc) is 2.63. The van der Waals surface area contributed by atoms with Gasteiger partial charge in [0.2, 0.25) is 5.91 Å². The predicted molar refractivity (Wildman–Crippen MR) is 71.1 cm³/mol. The highest BCUT2D eigenvalue weighted by Gasteiger charge is 2.41. The summed E-state index contributed by atoms with van der Waals surface area (Å²) in [5.41, 5.74) is 5.57. The molecule has 0 radical (unpaired) electrons. The van der Waals surface area contributed by atoms with Gasteiger partial charge in [-0.2, -0.15) is 0 Å². The minimum Gasteiger partial charge on any atom is -0.381 e. The number of amides is 1. The summed E-state index contributed by atoms with van der Waals surface area (Å²) in [5.74, 6) is 1.02. The number of nitrogens with zero attached hydrogens (tertiary/aromatic N) is 1. The number of carbonyl (C=O) groups excluding carboxylic acids is 1. The van der Waals surface area contributed by atoms with Crippen LogP contribution in [0, 0.1) is 11.3 Å². The Hall–Kier alpha value is -0.610. The summed E-state index contributed by atoms with van der Waals surface area (Å²) in [6.07, 6.45) is 5.07. The molecule has 1 unspecified atom stereocenters. The van der Waals surface area contributed by atoms with Crippen LogP contribution in [0.25, 0.3) is 0 Å². The number of rotatable bonds is 2. The Morgan fingerprint density at radius 3 is 2.72 bits per heavy atom. The molecule has 1 amide bonds. The van der Waals surface area contributed by atoms with Crippen molar-refractivity contribution in [2.24, 2.45) is 17.1 Å². The molecule has 2 rings (SSSR count). The molecule has 2 N–H and O–H groups in total. The maximum atomic E-state index is 12.8. The van der Waals surface area contributed by atoms with Gasteiger partial charge < -0.3 is 15.4 Å². The fraction of sp³-hybridized carbons (Fsp3) is 0.929. The van der Waals surface area contributed by atoms with E-state index in [4.69, 9.17) is 10.5 Å². The number of likely N-dealkylation sites (tertiary alicyclic amines) is 1. The molecule has 4 nitrogen and oxygen atoms in total. The average molecular weight is 254 g/mol. The van der Waals surface area contributed by atoms with E-state index in [2.05, 4.69) is 11.8 Å². The van der Waals surface area contributed by atoms with Crippen LogP contribution < -0.4 is 5.73 Å². The number of ether oxygens (including phenoxy) is 1. The van der Waals surface area contributed by atoms with E-state index in [0.717, 1.165) is 44.7 Å². The van der Waals surface area contributed by atoms with Gasteiger partial charge in [-0.05, 0) is 38.0 Å². The third kappa shape index (κ3) is 2.86. The van der Waals surface area contributed by atoms with E-state index in [0.29, 0.717) is 19.8 Å². The van der Waals surface area contributed by atoms with Crippen molar-refractivity contribution in [3.63, 3.8) is 0 Å². The first-order chi connectivity index (χ1) is 8.68. The maximum Gasteiger partial charge on any atom is 0.230 e. The largest absolute Gasteiger partial charge is 0.381 e. The van der Waals surface area contributed by atoms with Crippen molar-refractivity contribution in [2.45, 2.75) is 39.0 Å². The predicted octanol–water partition coefficient (Wildman–Crippen LogP) is 1.39. The van der Waals surface area contributed by atoms with E-state index in [-0.39, 0.29) is 11.3 Å². The zero-order chi connectivity index (χ0) is 13.0. The van der Waals surface area contributed by atoms with Gasteiger partial charge in [0, 0.05) is 32.8 Å². The Bertz CT molecular complexity index is 288. The van der Waals surface area contributed by atoms with Gasteiger partial charge in [-0.1, -0.05) is 6.92 Å². The molecule has 1 atom stereocenters. The summed E-state index contributed by atoms with van der Waals surface area (Å²) < 4.78 is 5.38. The molecule has 0 spiro atoms. The first-order valence-corrected chi connectivity index (χ1v) is 7.25. The Morgan fingerprint density at radius 2 is 2.06 bits per heavy atom. The monoisotopic (exact) mass is 254 g/mol. The van der Waals surface area contributed by atoms with Crippen LogP contribution in [0.5, 0.6) is 0 Å². The molecule has 18 heavy (non-hydrogen) atoms. The smallest absolute Gasteiger partial charge is 0.230 e. The molecule has 2 saturated heterocycles. The standard InChI is InChI=1S/C14H26N2O2/c1-12-3-2-7-16(8-4-12)13(17)14(11-15)5-9-18-10-6-14/h12H,2-11,15H2,1H3. The molecule has 0 aromatic rings. The normalized spacial score (nSPS) is 28.8. The van der Waals surface area contributed by atoms with Gasteiger partial charge in [-0.3, -0.25) is 4.79 Å². The summed E-state index contributed by atoms with van der Waals surface area (Å²) in [6.45, 7) is 5.90. The van der Waals surface area contributed by atoms with E-state index in [9.17, 15) is 4.79 Å². The summed E-state index contributed by atoms with van der Waals surface area (Å²) in [7, 11) is 0. The lowest BCUT2D eigenvalue weighted by atomic mass is 9.79. The van der Waals surface area contributed by atoms with Crippen molar-refractivity contribution < 1.29 is 9.53 Å². The summed E-state index contributed by atoms with van der Waals surface area (Å²) >= 11 is 0. The zero-order valence-electron chi connectivity index (χ0n) is 11.5. The highest BCUT2D eigenvalue weighted by molar-refractivity contribution is 5.83. The van der Waals surface area contributed by atoms with Gasteiger partial charge in [-0.15, -0.1) is 0 Å². The van der Waals surface area contributed by atoms with E-state index < -0.39 is 0 Å². The Balaban J connectivity index is 2.03. The van der Waals surface area contributed by atoms with E-state index >= 15 is 0 Å². The Labute approximate surface area is 110 Å². The van der Waals surface area contributed by atoms with Crippen molar-refractivity contribution in [2.75, 3.05) is 32.8 Å². The van der Waals surface area contributed by atoms with Crippen LogP contribution in [0.4, 0.5) is 0 Å². The molecule has 0 bridgehead atoms. The summed E-state index contributed by atoms with van der Waals surface area (Å²) in [6, 6.07) is 0. The minimum absolute atomic E-state index is 0.280. The van der Waals surface area contributed by atoms with Gasteiger partial charge in [0.05, 0.1) is 5.41 Å². The van der Waals surface area contributed by atoms with E-state index in [1.54, 1.807) is 0 Å². The molecule has 104 valence electrons. The lowest BCUT2D eigenvalue weighted by Gasteiger charge is -2.38. The highest BCUT2D eigenvalue weighted by atomic mass is 16.5. The molecule has 0 aliphatic carbocycles. The molecule has 2 heterocycles.